The van der Waals surface area contributed by atoms with Crippen molar-refractivity contribution in [3.8, 4) is 0 Å². The van der Waals surface area contributed by atoms with Gasteiger partial charge in [0.2, 0.25) is 0 Å². The molecule has 1 aromatic carbocycles. The number of halogens is 1. The largest absolute Gasteiger partial charge is 0.383 e. The molecule has 0 aliphatic carbocycles. The fourth-order valence-electron chi connectivity index (χ4n) is 2.70. The number of aliphatic hydroxyl groups is 1. The molecule has 2 aromatic rings. The number of aliphatic imine (C=N–C) groups is 1. The van der Waals surface area contributed by atoms with Crippen LogP contribution >= 0.6 is 24.0 Å². The van der Waals surface area contributed by atoms with Crippen LogP contribution in [0.1, 0.15) is 30.5 Å². The zero-order chi connectivity index (χ0) is 20.0. The molecule has 0 fully saturated rings. The zero-order valence-electron chi connectivity index (χ0n) is 17.7. The number of hydrogen-bond acceptors (Lipinski definition) is 4. The molecule has 0 radical (unpaired) electrons. The predicted molar refractivity (Wildman–Crippen MR) is 127 cm³/mol. The van der Waals surface area contributed by atoms with E-state index >= 15 is 0 Å². The fourth-order valence-corrected chi connectivity index (χ4v) is 2.70. The Balaban J connectivity index is 0.00000392. The van der Waals surface area contributed by atoms with Crippen LogP contribution in [0.25, 0.3) is 0 Å². The van der Waals surface area contributed by atoms with E-state index in [-0.39, 0.29) is 24.0 Å². The van der Waals surface area contributed by atoms with E-state index < -0.39 is 5.60 Å². The first-order valence-corrected chi connectivity index (χ1v) is 9.23. The number of nitrogens with zero attached hydrogens (tertiary/aromatic N) is 4. The smallest absolute Gasteiger partial charge is 0.191 e. The van der Waals surface area contributed by atoms with E-state index in [2.05, 4.69) is 50.7 Å². The summed E-state index contributed by atoms with van der Waals surface area (Å²) in [5.41, 5.74) is 3.30. The second-order valence-electron chi connectivity index (χ2n) is 7.23. The van der Waals surface area contributed by atoms with Gasteiger partial charge in [0.25, 0.3) is 0 Å². The molecule has 0 spiro atoms. The monoisotopic (exact) mass is 500 g/mol. The summed E-state index contributed by atoms with van der Waals surface area (Å²) in [6, 6.07) is 6.38. The highest BCUT2D eigenvalue weighted by Gasteiger charge is 2.25. The topological polar surface area (TPSA) is 77.7 Å². The Labute approximate surface area is 185 Å². The first-order chi connectivity index (χ1) is 12.7. The van der Waals surface area contributed by atoms with Gasteiger partial charge in [-0.25, -0.2) is 4.99 Å². The van der Waals surface area contributed by atoms with Crippen LogP contribution in [0.2, 0.25) is 0 Å². The second kappa shape index (κ2) is 10.7. The van der Waals surface area contributed by atoms with Crippen LogP contribution in [0.5, 0.6) is 0 Å². The molecular formula is C20H33IN6O. The third-order valence-corrected chi connectivity index (χ3v) is 4.52. The Bertz CT molecular complexity index is 785. The summed E-state index contributed by atoms with van der Waals surface area (Å²) in [4.78, 5) is 6.76. The highest BCUT2D eigenvalue weighted by Crippen LogP contribution is 2.19. The van der Waals surface area contributed by atoms with Crippen LogP contribution in [-0.4, -0.2) is 48.0 Å². The molecule has 28 heavy (non-hydrogen) atoms. The van der Waals surface area contributed by atoms with Crippen molar-refractivity contribution in [2.45, 2.75) is 32.9 Å². The minimum Gasteiger partial charge on any atom is -0.383 e. The van der Waals surface area contributed by atoms with Gasteiger partial charge < -0.3 is 20.6 Å². The minimum atomic E-state index is -1.03. The maximum Gasteiger partial charge on any atom is 0.191 e. The molecule has 156 valence electrons. The first-order valence-electron chi connectivity index (χ1n) is 9.23. The van der Waals surface area contributed by atoms with Gasteiger partial charge in [-0.05, 0) is 44.0 Å². The number of aryl methyl sites for hydroxylation is 2. The van der Waals surface area contributed by atoms with Crippen LogP contribution in [0.3, 0.4) is 0 Å². The lowest BCUT2D eigenvalue weighted by Crippen LogP contribution is -2.44. The first kappa shape index (κ1) is 24.2. The Morgan fingerprint density at radius 1 is 1.32 bits per heavy atom. The van der Waals surface area contributed by atoms with Crippen LogP contribution in [0.15, 0.2) is 35.6 Å². The second-order valence-corrected chi connectivity index (χ2v) is 7.23. The molecule has 0 saturated carbocycles. The van der Waals surface area contributed by atoms with Crippen molar-refractivity contribution >= 4 is 35.6 Å². The van der Waals surface area contributed by atoms with Gasteiger partial charge in [-0.3, -0.25) is 4.68 Å². The number of guanidine groups is 1. The lowest BCUT2D eigenvalue weighted by atomic mass is 10.00. The van der Waals surface area contributed by atoms with Gasteiger partial charge in [0.15, 0.2) is 5.96 Å². The summed E-state index contributed by atoms with van der Waals surface area (Å²) in [6.07, 6.45) is 3.50. The van der Waals surface area contributed by atoms with Crippen molar-refractivity contribution in [1.29, 1.82) is 0 Å². The van der Waals surface area contributed by atoms with Crippen molar-refractivity contribution in [2.75, 3.05) is 32.1 Å². The summed E-state index contributed by atoms with van der Waals surface area (Å²) < 4.78 is 1.68. The van der Waals surface area contributed by atoms with E-state index in [1.54, 1.807) is 17.8 Å². The van der Waals surface area contributed by atoms with Gasteiger partial charge in [0, 0.05) is 45.1 Å². The molecule has 1 atom stereocenters. The highest BCUT2D eigenvalue weighted by atomic mass is 127. The molecule has 3 N–H and O–H groups in total. The van der Waals surface area contributed by atoms with E-state index in [1.807, 2.05) is 34.3 Å². The Morgan fingerprint density at radius 3 is 2.57 bits per heavy atom. The van der Waals surface area contributed by atoms with Crippen molar-refractivity contribution in [1.82, 2.24) is 20.4 Å². The Morgan fingerprint density at radius 2 is 2.04 bits per heavy atom. The quantitative estimate of drug-likeness (QED) is 0.309. The Kier molecular flexibility index (Phi) is 9.22. The minimum absolute atomic E-state index is 0. The number of hydrogen-bond donors (Lipinski definition) is 3. The molecule has 0 amide bonds. The van der Waals surface area contributed by atoms with Crippen molar-refractivity contribution in [3.05, 3.63) is 47.3 Å². The maximum absolute atomic E-state index is 10.7. The van der Waals surface area contributed by atoms with Gasteiger partial charge in [0.1, 0.15) is 5.60 Å². The molecule has 0 saturated heterocycles. The average molecular weight is 500 g/mol. The standard InChI is InChI=1S/C20H32N6O.HI/c1-7-21-19(23-14-20(3,27)17-12-24-26(6)13-17)22-11-16-8-9-18(25(4)5)10-15(16)2;/h8-10,12-13,27H,7,11,14H2,1-6H3,(H2,21,22,23);1H. The normalized spacial score (nSPS) is 13.5. The van der Waals surface area contributed by atoms with Gasteiger partial charge >= 0.3 is 0 Å². The summed E-state index contributed by atoms with van der Waals surface area (Å²) in [6.45, 7) is 7.55. The van der Waals surface area contributed by atoms with Gasteiger partial charge in [0.05, 0.1) is 19.3 Å². The van der Waals surface area contributed by atoms with Gasteiger partial charge in [-0.15, -0.1) is 24.0 Å². The van der Waals surface area contributed by atoms with Crippen LogP contribution in [0, 0.1) is 6.92 Å². The van der Waals surface area contributed by atoms with Crippen LogP contribution in [0.4, 0.5) is 5.69 Å². The van der Waals surface area contributed by atoms with E-state index in [4.69, 9.17) is 0 Å². The van der Waals surface area contributed by atoms with E-state index in [1.165, 1.54) is 16.8 Å². The van der Waals surface area contributed by atoms with Crippen molar-refractivity contribution in [3.63, 3.8) is 0 Å². The van der Waals surface area contributed by atoms with E-state index in [9.17, 15) is 5.11 Å². The van der Waals surface area contributed by atoms with Gasteiger partial charge in [-0.1, -0.05) is 6.07 Å². The molecule has 0 bridgehead atoms. The fraction of sp³-hybridized carbons (Fsp3) is 0.500. The van der Waals surface area contributed by atoms with E-state index in [0.29, 0.717) is 19.0 Å². The maximum atomic E-state index is 10.7. The zero-order valence-corrected chi connectivity index (χ0v) is 20.0. The summed E-state index contributed by atoms with van der Waals surface area (Å²) in [7, 11) is 5.91. The lowest BCUT2D eigenvalue weighted by Gasteiger charge is -2.23. The molecule has 1 unspecified atom stereocenters. The number of nitrogens with one attached hydrogen (secondary N) is 2. The molecule has 0 aliphatic heterocycles. The SMILES string of the molecule is CCNC(=NCc1ccc(N(C)C)cc1C)NCC(C)(O)c1cnn(C)c1.I. The van der Waals surface area contributed by atoms with E-state index in [0.717, 1.165) is 12.1 Å². The van der Waals surface area contributed by atoms with Crippen LogP contribution in [-0.2, 0) is 19.2 Å². The van der Waals surface area contributed by atoms with Crippen LogP contribution < -0.4 is 15.5 Å². The Hall–Kier alpha value is -1.81. The summed E-state index contributed by atoms with van der Waals surface area (Å²) in [5, 5.41) is 21.3. The predicted octanol–water partition coefficient (Wildman–Crippen LogP) is 2.38. The van der Waals surface area contributed by atoms with Crippen molar-refractivity contribution < 1.29 is 5.11 Å². The number of rotatable bonds is 7. The molecule has 8 heteroatoms. The van der Waals surface area contributed by atoms with Crippen molar-refractivity contribution in [2.24, 2.45) is 12.0 Å². The molecule has 1 aromatic heterocycles. The third-order valence-electron chi connectivity index (χ3n) is 4.52. The number of aromatic nitrogens is 2. The number of anilines is 1. The molecule has 0 aliphatic rings. The average Bonchev–Trinajstić information content (AvgIpc) is 3.05. The van der Waals surface area contributed by atoms with Gasteiger partial charge in [-0.2, -0.15) is 5.10 Å². The third kappa shape index (κ3) is 6.66. The number of benzene rings is 1. The molecule has 2 rings (SSSR count). The lowest BCUT2D eigenvalue weighted by molar-refractivity contribution is 0.0616. The summed E-state index contributed by atoms with van der Waals surface area (Å²) >= 11 is 0. The molecular weight excluding hydrogens is 467 g/mol. The molecule has 1 heterocycles. The highest BCUT2D eigenvalue weighted by molar-refractivity contribution is 14.0. The molecule has 7 nitrogen and oxygen atoms in total. The summed E-state index contributed by atoms with van der Waals surface area (Å²) in [5.74, 6) is 0.678.